The second kappa shape index (κ2) is 4.57. The van der Waals surface area contributed by atoms with Gasteiger partial charge >= 0.3 is 0 Å². The molecule has 0 fully saturated rings. The van der Waals surface area contributed by atoms with Gasteiger partial charge in [0.25, 0.3) is 0 Å². The molecular weight excluding hydrogens is 276 g/mol. The molecule has 108 valence electrons. The standard InChI is InChI=1S/C23H16/c1-15-7-3-2-4-8-16-11-12-20-18-9-5-6-10-19(18)21-14-13-17(15)22(16)23(20)21/h2-14H,1H3/b3-2-,4-2?,7-3?,8-4+,15-7+,16-8?,17-15?. The molecule has 23 heavy (non-hydrogen) atoms. The van der Waals surface area contributed by atoms with E-state index < -0.39 is 0 Å². The van der Waals surface area contributed by atoms with Crippen LogP contribution in [0.25, 0.3) is 44.7 Å². The zero-order valence-corrected chi connectivity index (χ0v) is 13.0. The highest BCUT2D eigenvalue weighted by Gasteiger charge is 2.23. The fraction of sp³-hybridized carbons (Fsp3) is 0.0435. The van der Waals surface area contributed by atoms with Crippen LogP contribution >= 0.6 is 0 Å². The summed E-state index contributed by atoms with van der Waals surface area (Å²) >= 11 is 0. The Morgan fingerprint density at radius 1 is 0.565 bits per heavy atom. The summed E-state index contributed by atoms with van der Waals surface area (Å²) in [4.78, 5) is 0. The number of rotatable bonds is 0. The lowest BCUT2D eigenvalue weighted by Gasteiger charge is -2.12. The maximum Gasteiger partial charge on any atom is -0.00142 e. The predicted molar refractivity (Wildman–Crippen MR) is 100 cm³/mol. The summed E-state index contributed by atoms with van der Waals surface area (Å²) in [5.41, 5.74) is 9.39. The first kappa shape index (κ1) is 12.7. The van der Waals surface area contributed by atoms with Crippen molar-refractivity contribution in [2.45, 2.75) is 6.92 Å². The van der Waals surface area contributed by atoms with Gasteiger partial charge in [0.15, 0.2) is 0 Å². The summed E-state index contributed by atoms with van der Waals surface area (Å²) in [6.07, 6.45) is 10.8. The molecule has 0 bridgehead atoms. The molecule has 0 atom stereocenters. The van der Waals surface area contributed by atoms with E-state index in [1.54, 1.807) is 0 Å². The first-order chi connectivity index (χ1) is 11.3. The molecule has 0 spiro atoms. The Labute approximate surface area is 136 Å². The monoisotopic (exact) mass is 292 g/mol. The van der Waals surface area contributed by atoms with Gasteiger partial charge in [-0.15, -0.1) is 0 Å². The molecule has 0 amide bonds. The molecule has 0 aromatic heterocycles. The van der Waals surface area contributed by atoms with Gasteiger partial charge in [0.1, 0.15) is 0 Å². The highest BCUT2D eigenvalue weighted by molar-refractivity contribution is 6.19. The summed E-state index contributed by atoms with van der Waals surface area (Å²) in [5.74, 6) is 0. The van der Waals surface area contributed by atoms with Crippen molar-refractivity contribution in [1.29, 1.82) is 0 Å². The van der Waals surface area contributed by atoms with Crippen LogP contribution in [0.2, 0.25) is 0 Å². The molecule has 0 heterocycles. The molecule has 5 rings (SSSR count). The molecule has 0 heteroatoms. The number of hydrogen-bond donors (Lipinski definition) is 0. The van der Waals surface area contributed by atoms with Gasteiger partial charge in [-0.25, -0.2) is 0 Å². The van der Waals surface area contributed by atoms with Crippen LogP contribution in [0.1, 0.15) is 18.1 Å². The average molecular weight is 292 g/mol. The van der Waals surface area contributed by atoms with Crippen molar-refractivity contribution in [1.82, 2.24) is 0 Å². The number of fused-ring (bicyclic) bond motifs is 3. The van der Waals surface area contributed by atoms with Gasteiger partial charge in [0.2, 0.25) is 0 Å². The number of hydrogen-bond acceptors (Lipinski definition) is 0. The van der Waals surface area contributed by atoms with Crippen molar-refractivity contribution in [2.24, 2.45) is 0 Å². The van der Waals surface area contributed by atoms with Gasteiger partial charge in [0.05, 0.1) is 0 Å². The molecule has 0 unspecified atom stereocenters. The molecular formula is C23H16. The van der Waals surface area contributed by atoms with E-state index in [-0.39, 0.29) is 0 Å². The van der Waals surface area contributed by atoms with Crippen molar-refractivity contribution >= 4 is 22.4 Å². The third-order valence-electron chi connectivity index (χ3n) is 4.97. The molecule has 3 aromatic carbocycles. The summed E-state index contributed by atoms with van der Waals surface area (Å²) in [6, 6.07) is 17.9. The summed E-state index contributed by atoms with van der Waals surface area (Å²) in [6.45, 7) is 2.20. The second-order valence-electron chi connectivity index (χ2n) is 6.25. The fourth-order valence-electron chi connectivity index (χ4n) is 3.90. The van der Waals surface area contributed by atoms with Crippen LogP contribution in [0.3, 0.4) is 0 Å². The summed E-state index contributed by atoms with van der Waals surface area (Å²) < 4.78 is 0. The minimum Gasteiger partial charge on any atom is -0.0622 e. The second-order valence-corrected chi connectivity index (χ2v) is 6.25. The maximum absolute atomic E-state index is 2.29. The lowest BCUT2D eigenvalue weighted by molar-refractivity contribution is 1.62. The quantitative estimate of drug-likeness (QED) is 0.348. The average Bonchev–Trinajstić information content (AvgIpc) is 2.94. The largest absolute Gasteiger partial charge is 0.0622 e. The SMILES string of the molecule is C\C1=C/C=C\C=C\c2ccc3c4c(ccc1c24)-c1ccccc1-3. The van der Waals surface area contributed by atoms with E-state index in [0.717, 1.165) is 0 Å². The van der Waals surface area contributed by atoms with Crippen LogP contribution in [0, 0.1) is 0 Å². The van der Waals surface area contributed by atoms with Crippen molar-refractivity contribution in [3.05, 3.63) is 84.0 Å². The van der Waals surface area contributed by atoms with Crippen molar-refractivity contribution in [2.75, 3.05) is 0 Å². The normalized spacial score (nSPS) is 19.3. The zero-order valence-electron chi connectivity index (χ0n) is 13.0. The molecule has 0 nitrogen and oxygen atoms in total. The zero-order chi connectivity index (χ0) is 15.4. The van der Waals surface area contributed by atoms with E-state index in [1.807, 2.05) is 0 Å². The topological polar surface area (TPSA) is 0 Å². The Morgan fingerprint density at radius 3 is 2.04 bits per heavy atom. The molecule has 2 aliphatic carbocycles. The van der Waals surface area contributed by atoms with E-state index in [9.17, 15) is 0 Å². The number of allylic oxidation sites excluding steroid dienone is 5. The molecule has 3 aromatic rings. The van der Waals surface area contributed by atoms with Crippen LogP contribution < -0.4 is 0 Å². The predicted octanol–water partition coefficient (Wildman–Crippen LogP) is 6.47. The van der Waals surface area contributed by atoms with E-state index >= 15 is 0 Å². The van der Waals surface area contributed by atoms with E-state index in [0.29, 0.717) is 0 Å². The minimum absolute atomic E-state index is 1.30. The Hall–Kier alpha value is -2.86. The van der Waals surface area contributed by atoms with Gasteiger partial charge in [-0.05, 0) is 56.6 Å². The molecule has 2 aliphatic rings. The smallest absolute Gasteiger partial charge is 0.00142 e. The molecule has 0 saturated heterocycles. The van der Waals surface area contributed by atoms with Crippen LogP contribution in [-0.4, -0.2) is 0 Å². The third-order valence-corrected chi connectivity index (χ3v) is 4.97. The molecule has 0 N–H and O–H groups in total. The van der Waals surface area contributed by atoms with Gasteiger partial charge in [-0.2, -0.15) is 0 Å². The van der Waals surface area contributed by atoms with Crippen LogP contribution in [0.15, 0.2) is 72.8 Å². The molecule has 0 aliphatic heterocycles. The van der Waals surface area contributed by atoms with E-state index in [4.69, 9.17) is 0 Å². The third kappa shape index (κ3) is 1.66. The highest BCUT2D eigenvalue weighted by atomic mass is 14.3. The Morgan fingerprint density at radius 2 is 1.26 bits per heavy atom. The van der Waals surface area contributed by atoms with Gasteiger partial charge in [-0.1, -0.05) is 78.9 Å². The maximum atomic E-state index is 2.29. The van der Waals surface area contributed by atoms with Crippen molar-refractivity contribution in [3.63, 3.8) is 0 Å². The highest BCUT2D eigenvalue weighted by Crippen LogP contribution is 2.49. The first-order valence-electron chi connectivity index (χ1n) is 8.06. The Balaban J connectivity index is 2.01. The Kier molecular flexibility index (Phi) is 2.51. The van der Waals surface area contributed by atoms with Crippen LogP contribution in [0.4, 0.5) is 0 Å². The Bertz CT molecular complexity index is 1030. The van der Waals surface area contributed by atoms with E-state index in [2.05, 4.69) is 85.8 Å². The lowest BCUT2D eigenvalue weighted by Crippen LogP contribution is -1.88. The van der Waals surface area contributed by atoms with Crippen molar-refractivity contribution < 1.29 is 0 Å². The van der Waals surface area contributed by atoms with Crippen LogP contribution in [-0.2, 0) is 0 Å². The molecule has 0 saturated carbocycles. The fourth-order valence-corrected chi connectivity index (χ4v) is 3.90. The summed E-state index contributed by atoms with van der Waals surface area (Å²) in [5, 5.41) is 2.78. The van der Waals surface area contributed by atoms with Crippen molar-refractivity contribution in [3.8, 4) is 22.3 Å². The van der Waals surface area contributed by atoms with Gasteiger partial charge < -0.3 is 0 Å². The van der Waals surface area contributed by atoms with Gasteiger partial charge in [-0.3, -0.25) is 0 Å². The first-order valence-corrected chi connectivity index (χ1v) is 8.06. The van der Waals surface area contributed by atoms with Gasteiger partial charge in [0, 0.05) is 0 Å². The van der Waals surface area contributed by atoms with Crippen LogP contribution in [0.5, 0.6) is 0 Å². The number of benzene rings is 3. The van der Waals surface area contributed by atoms with E-state index in [1.165, 1.54) is 49.7 Å². The molecule has 0 radical (unpaired) electrons. The minimum atomic E-state index is 1.30. The lowest BCUT2D eigenvalue weighted by atomic mass is 9.91. The summed E-state index contributed by atoms with van der Waals surface area (Å²) in [7, 11) is 0.